The Hall–Kier alpha value is -1.96. The second-order valence-electron chi connectivity index (χ2n) is 3.65. The highest BCUT2D eigenvalue weighted by atomic mass is 79.9. The molecule has 1 aromatic heterocycles. The van der Waals surface area contributed by atoms with Crippen LogP contribution in [0.25, 0.3) is 10.9 Å². The van der Waals surface area contributed by atoms with Gasteiger partial charge in [0.1, 0.15) is 0 Å². The van der Waals surface area contributed by atoms with E-state index in [1.54, 1.807) is 6.92 Å². The normalized spacial score (nSPS) is 10.1. The van der Waals surface area contributed by atoms with Crippen LogP contribution in [0.3, 0.4) is 0 Å². The van der Waals surface area contributed by atoms with Crippen molar-refractivity contribution in [3.05, 3.63) is 42.4 Å². The molecule has 0 radical (unpaired) electrons. The Labute approximate surface area is 123 Å². The zero-order chi connectivity index (χ0) is 15.6. The fourth-order valence-corrected chi connectivity index (χ4v) is 1.95. The molecule has 6 nitrogen and oxygen atoms in total. The molecule has 0 unspecified atom stereocenters. The van der Waals surface area contributed by atoms with Crippen molar-refractivity contribution in [2.45, 2.75) is 20.8 Å². The van der Waals surface area contributed by atoms with Gasteiger partial charge in [-0.05, 0) is 34.5 Å². The van der Waals surface area contributed by atoms with Crippen molar-refractivity contribution in [2.24, 2.45) is 0 Å². The third-order valence-corrected chi connectivity index (χ3v) is 3.48. The van der Waals surface area contributed by atoms with Gasteiger partial charge < -0.3 is 10.1 Å². The number of aromatic amines is 1. The standard InChI is InChI=1S/C10H6BrFN2O4.C2H6.H2/c1-3-2-4-7(6(12)5(3)11)13-10(16)8(9(4)15)14(17)18;1-2;/h2H,1H3,(H2,13,15,16);1-2H3;1H. The molecule has 2 aromatic rings. The van der Waals surface area contributed by atoms with Crippen LogP contribution in [-0.4, -0.2) is 15.0 Å². The van der Waals surface area contributed by atoms with Crippen molar-refractivity contribution in [3.63, 3.8) is 0 Å². The largest absolute Gasteiger partial charge is 0.501 e. The fraction of sp³-hybridized carbons (Fsp3) is 0.250. The second-order valence-corrected chi connectivity index (χ2v) is 4.45. The summed E-state index contributed by atoms with van der Waals surface area (Å²) < 4.78 is 14.0. The molecule has 0 atom stereocenters. The predicted molar refractivity (Wildman–Crippen MR) is 78.7 cm³/mol. The van der Waals surface area contributed by atoms with Crippen LogP contribution < -0.4 is 5.56 Å². The number of aryl methyl sites for hydroxylation is 1. The van der Waals surface area contributed by atoms with Gasteiger partial charge in [0.25, 0.3) is 0 Å². The molecular formula is C12H14BrFN2O4. The summed E-state index contributed by atoms with van der Waals surface area (Å²) in [5, 5.41) is 20.2. The number of rotatable bonds is 1. The van der Waals surface area contributed by atoms with Crippen LogP contribution in [0.5, 0.6) is 5.75 Å². The van der Waals surface area contributed by atoms with Crippen molar-refractivity contribution in [1.82, 2.24) is 4.98 Å². The molecule has 2 rings (SSSR count). The molecule has 0 aliphatic rings. The maximum atomic E-state index is 13.9. The van der Waals surface area contributed by atoms with Crippen LogP contribution >= 0.6 is 15.9 Å². The lowest BCUT2D eigenvalue weighted by molar-refractivity contribution is -0.387. The Balaban J connectivity index is 0.00000128. The van der Waals surface area contributed by atoms with E-state index in [4.69, 9.17) is 0 Å². The molecule has 0 aliphatic heterocycles. The summed E-state index contributed by atoms with van der Waals surface area (Å²) in [6, 6.07) is 1.35. The Kier molecular flexibility index (Phi) is 4.83. The van der Waals surface area contributed by atoms with Gasteiger partial charge in [-0.2, -0.15) is 0 Å². The Morgan fingerprint density at radius 2 is 2.05 bits per heavy atom. The summed E-state index contributed by atoms with van der Waals surface area (Å²) in [4.78, 5) is 23.1. The Bertz CT molecular complexity index is 748. The van der Waals surface area contributed by atoms with Crippen LogP contribution in [0.15, 0.2) is 15.3 Å². The third kappa shape index (κ3) is 2.51. The van der Waals surface area contributed by atoms with E-state index in [1.807, 2.05) is 13.8 Å². The van der Waals surface area contributed by atoms with Gasteiger partial charge in [-0.25, -0.2) is 4.39 Å². The molecular weight excluding hydrogens is 335 g/mol. The zero-order valence-electron chi connectivity index (χ0n) is 11.0. The van der Waals surface area contributed by atoms with E-state index in [9.17, 15) is 24.4 Å². The summed E-state index contributed by atoms with van der Waals surface area (Å²) >= 11 is 2.98. The van der Waals surface area contributed by atoms with E-state index in [2.05, 4.69) is 20.9 Å². The first kappa shape index (κ1) is 16.1. The molecule has 0 saturated heterocycles. The first-order chi connectivity index (χ1) is 9.34. The highest BCUT2D eigenvalue weighted by molar-refractivity contribution is 9.10. The fourth-order valence-electron chi connectivity index (χ4n) is 1.64. The van der Waals surface area contributed by atoms with Crippen LogP contribution in [0.2, 0.25) is 0 Å². The molecule has 1 heterocycles. The first-order valence-corrected chi connectivity index (χ1v) is 6.51. The lowest BCUT2D eigenvalue weighted by atomic mass is 10.1. The number of benzene rings is 1. The average Bonchev–Trinajstić information content (AvgIpc) is 2.40. The number of fused-ring (bicyclic) bond motifs is 1. The third-order valence-electron chi connectivity index (χ3n) is 2.50. The highest BCUT2D eigenvalue weighted by Crippen LogP contribution is 2.34. The summed E-state index contributed by atoms with van der Waals surface area (Å²) in [6.45, 7) is 5.56. The molecule has 0 saturated carbocycles. The van der Waals surface area contributed by atoms with Crippen molar-refractivity contribution >= 4 is 32.5 Å². The molecule has 0 fully saturated rings. The van der Waals surface area contributed by atoms with Crippen LogP contribution in [0.4, 0.5) is 10.1 Å². The summed E-state index contributed by atoms with van der Waals surface area (Å²) in [5.41, 5.74) is -1.99. The number of halogens is 2. The quantitative estimate of drug-likeness (QED) is 0.607. The van der Waals surface area contributed by atoms with Gasteiger partial charge in [0.05, 0.1) is 20.3 Å². The molecule has 0 amide bonds. The molecule has 110 valence electrons. The highest BCUT2D eigenvalue weighted by Gasteiger charge is 2.24. The number of pyridine rings is 1. The van der Waals surface area contributed by atoms with Crippen molar-refractivity contribution < 1.29 is 15.8 Å². The van der Waals surface area contributed by atoms with Gasteiger partial charge in [-0.15, -0.1) is 0 Å². The minimum absolute atomic E-state index is 0. The van der Waals surface area contributed by atoms with Gasteiger partial charge in [-0.3, -0.25) is 14.9 Å². The zero-order valence-corrected chi connectivity index (χ0v) is 12.5. The van der Waals surface area contributed by atoms with E-state index in [1.165, 1.54) is 6.07 Å². The monoisotopic (exact) mass is 348 g/mol. The van der Waals surface area contributed by atoms with Gasteiger partial charge in [-0.1, -0.05) is 13.8 Å². The van der Waals surface area contributed by atoms with Crippen molar-refractivity contribution in [3.8, 4) is 5.75 Å². The van der Waals surface area contributed by atoms with Gasteiger partial charge in [0.2, 0.25) is 5.75 Å². The second kappa shape index (κ2) is 6.00. The van der Waals surface area contributed by atoms with Gasteiger partial charge >= 0.3 is 11.2 Å². The minimum Gasteiger partial charge on any atom is -0.501 e. The average molecular weight is 349 g/mol. The van der Waals surface area contributed by atoms with Gasteiger partial charge in [0, 0.05) is 1.43 Å². The van der Waals surface area contributed by atoms with E-state index in [0.29, 0.717) is 5.56 Å². The first-order valence-electron chi connectivity index (χ1n) is 5.72. The summed E-state index contributed by atoms with van der Waals surface area (Å²) in [5.74, 6) is -1.62. The molecule has 0 aliphatic carbocycles. The summed E-state index contributed by atoms with van der Waals surface area (Å²) in [7, 11) is 0. The maximum Gasteiger partial charge on any atom is 0.375 e. The minimum atomic E-state index is -1.15. The molecule has 0 spiro atoms. The van der Waals surface area contributed by atoms with Crippen molar-refractivity contribution in [1.29, 1.82) is 0 Å². The van der Waals surface area contributed by atoms with Crippen molar-refractivity contribution in [2.75, 3.05) is 0 Å². The predicted octanol–water partition coefficient (Wildman–Crippen LogP) is 3.62. The number of hydrogen-bond donors (Lipinski definition) is 2. The number of aromatic hydroxyl groups is 1. The number of hydrogen-bond acceptors (Lipinski definition) is 4. The topological polar surface area (TPSA) is 96.2 Å². The lowest BCUT2D eigenvalue weighted by Gasteiger charge is -2.06. The molecule has 0 bridgehead atoms. The molecule has 1 aromatic carbocycles. The summed E-state index contributed by atoms with van der Waals surface area (Å²) in [6.07, 6.45) is 0. The lowest BCUT2D eigenvalue weighted by Crippen LogP contribution is -2.12. The smallest absolute Gasteiger partial charge is 0.375 e. The molecule has 2 N–H and O–H groups in total. The van der Waals surface area contributed by atoms with Crippen LogP contribution in [-0.2, 0) is 0 Å². The number of nitro groups is 1. The van der Waals surface area contributed by atoms with Crippen LogP contribution in [0.1, 0.15) is 20.8 Å². The van der Waals surface area contributed by atoms with Crippen LogP contribution in [0, 0.1) is 22.9 Å². The Morgan fingerprint density at radius 1 is 1.50 bits per heavy atom. The number of nitrogens with zero attached hydrogens (tertiary/aromatic N) is 1. The van der Waals surface area contributed by atoms with E-state index in [-0.39, 0.29) is 16.8 Å². The number of H-pyrrole nitrogens is 1. The van der Waals surface area contributed by atoms with Gasteiger partial charge in [0.15, 0.2) is 5.82 Å². The number of nitrogens with one attached hydrogen (secondary N) is 1. The number of aromatic nitrogens is 1. The van der Waals surface area contributed by atoms with E-state index < -0.39 is 27.7 Å². The Morgan fingerprint density at radius 3 is 2.55 bits per heavy atom. The molecule has 20 heavy (non-hydrogen) atoms. The van der Waals surface area contributed by atoms with E-state index >= 15 is 0 Å². The maximum absolute atomic E-state index is 13.9. The molecule has 8 heteroatoms. The van der Waals surface area contributed by atoms with E-state index in [0.717, 1.165) is 0 Å². The SMILES string of the molecule is CC.Cc1cc2c(O)c([N+](=O)[O-])c(=O)[nH]c2c(F)c1Br.[HH].